The van der Waals surface area contributed by atoms with Crippen LogP contribution in [0.15, 0.2) is 23.1 Å². The zero-order valence-corrected chi connectivity index (χ0v) is 18.0. The Bertz CT molecular complexity index is 773. The predicted octanol–water partition coefficient (Wildman–Crippen LogP) is 4.52. The van der Waals surface area contributed by atoms with Crippen molar-refractivity contribution in [2.45, 2.75) is 67.3 Å². The summed E-state index contributed by atoms with van der Waals surface area (Å²) in [5.41, 5.74) is 0.360. The van der Waals surface area contributed by atoms with Crippen LogP contribution in [0.4, 0.5) is 5.69 Å². The average molecular weight is 431 g/mol. The zero-order valence-electron chi connectivity index (χ0n) is 15.6. The van der Waals surface area contributed by atoms with E-state index in [4.69, 9.17) is 11.6 Å². The first-order chi connectivity index (χ1) is 12.9. The second-order valence-electron chi connectivity index (χ2n) is 7.28. The van der Waals surface area contributed by atoms with Crippen LogP contribution in [-0.4, -0.2) is 42.2 Å². The fourth-order valence-electron chi connectivity index (χ4n) is 3.62. The van der Waals surface area contributed by atoms with Gasteiger partial charge < -0.3 is 5.32 Å². The van der Waals surface area contributed by atoms with Crippen molar-refractivity contribution >= 4 is 45.0 Å². The Balaban J connectivity index is 1.71. The summed E-state index contributed by atoms with van der Waals surface area (Å²) >= 11 is 7.91. The van der Waals surface area contributed by atoms with E-state index in [9.17, 15) is 13.2 Å². The average Bonchev–Trinajstić information content (AvgIpc) is 3.17. The van der Waals surface area contributed by atoms with Crippen LogP contribution >= 0.6 is 23.4 Å². The molecule has 1 saturated carbocycles. The fraction of sp³-hybridized carbons (Fsp3) is 0.632. The van der Waals surface area contributed by atoms with Gasteiger partial charge in [0.15, 0.2) is 0 Å². The first kappa shape index (κ1) is 21.0. The van der Waals surface area contributed by atoms with Gasteiger partial charge in [0.25, 0.3) is 0 Å². The van der Waals surface area contributed by atoms with Gasteiger partial charge in [0, 0.05) is 18.3 Å². The van der Waals surface area contributed by atoms with Crippen molar-refractivity contribution < 1.29 is 13.2 Å². The van der Waals surface area contributed by atoms with Gasteiger partial charge in [-0.05, 0) is 50.8 Å². The maximum Gasteiger partial charge on any atom is 0.243 e. The van der Waals surface area contributed by atoms with Crippen molar-refractivity contribution in [3.8, 4) is 0 Å². The molecule has 0 aromatic heterocycles. The third-order valence-electron chi connectivity index (χ3n) is 5.22. The van der Waals surface area contributed by atoms with E-state index in [2.05, 4.69) is 5.32 Å². The number of hydrogen-bond acceptors (Lipinski definition) is 4. The molecule has 1 aromatic carbocycles. The lowest BCUT2D eigenvalue weighted by Crippen LogP contribution is -2.35. The normalized spacial score (nSPS) is 20.5. The van der Waals surface area contributed by atoms with Crippen LogP contribution in [-0.2, 0) is 14.8 Å². The number of carbonyl (C=O) groups excluding carboxylic acids is 1. The van der Waals surface area contributed by atoms with Crippen molar-refractivity contribution in [1.82, 2.24) is 4.31 Å². The maximum absolute atomic E-state index is 12.9. The first-order valence-corrected chi connectivity index (χ1v) is 12.4. The Morgan fingerprint density at radius 2 is 1.85 bits per heavy atom. The van der Waals surface area contributed by atoms with E-state index in [1.54, 1.807) is 17.8 Å². The third kappa shape index (κ3) is 5.19. The minimum Gasteiger partial charge on any atom is -0.324 e. The Morgan fingerprint density at radius 1 is 1.19 bits per heavy atom. The highest BCUT2D eigenvalue weighted by atomic mass is 35.5. The molecule has 0 radical (unpaired) electrons. The van der Waals surface area contributed by atoms with Gasteiger partial charge in [-0.1, -0.05) is 30.9 Å². The van der Waals surface area contributed by atoms with Gasteiger partial charge in [-0.15, -0.1) is 11.8 Å². The van der Waals surface area contributed by atoms with Crippen molar-refractivity contribution in [3.63, 3.8) is 0 Å². The van der Waals surface area contributed by atoms with Crippen LogP contribution in [0.3, 0.4) is 0 Å². The Kier molecular flexibility index (Phi) is 7.11. The summed E-state index contributed by atoms with van der Waals surface area (Å²) in [5.74, 6) is -0.138. The zero-order chi connectivity index (χ0) is 19.4. The highest BCUT2D eigenvalue weighted by Gasteiger charge is 2.27. The second kappa shape index (κ2) is 9.16. The first-order valence-electron chi connectivity index (χ1n) is 9.64. The minimum atomic E-state index is -3.56. The molecule has 5 nitrogen and oxygen atoms in total. The van der Waals surface area contributed by atoms with Crippen LogP contribution in [0.1, 0.15) is 51.9 Å². The fourth-order valence-corrected chi connectivity index (χ4v) is 6.70. The Labute approximate surface area is 171 Å². The van der Waals surface area contributed by atoms with Gasteiger partial charge in [-0.25, -0.2) is 8.42 Å². The summed E-state index contributed by atoms with van der Waals surface area (Å²) in [6.07, 6.45) is 7.60. The lowest BCUT2D eigenvalue weighted by atomic mass is 10.2. The second-order valence-corrected chi connectivity index (χ2v) is 11.3. The molecule has 1 saturated heterocycles. The maximum atomic E-state index is 12.9. The lowest BCUT2D eigenvalue weighted by molar-refractivity contribution is -0.115. The molecule has 2 fully saturated rings. The van der Waals surface area contributed by atoms with Crippen molar-refractivity contribution in [1.29, 1.82) is 0 Å². The minimum absolute atomic E-state index is 0.138. The van der Waals surface area contributed by atoms with Crippen LogP contribution in [0, 0.1) is 0 Å². The largest absolute Gasteiger partial charge is 0.324 e. The van der Waals surface area contributed by atoms with Gasteiger partial charge in [0.1, 0.15) is 0 Å². The number of anilines is 1. The van der Waals surface area contributed by atoms with Gasteiger partial charge in [0.05, 0.1) is 20.9 Å². The topological polar surface area (TPSA) is 66.5 Å². The summed E-state index contributed by atoms with van der Waals surface area (Å²) in [6.45, 7) is 2.98. The molecule has 3 rings (SSSR count). The summed E-state index contributed by atoms with van der Waals surface area (Å²) in [5, 5.41) is 3.50. The SMILES string of the molecule is CC(SC1CCCC1)C(=O)Nc1cc(S(=O)(=O)N2CCCCC2)ccc1Cl. The molecule has 27 heavy (non-hydrogen) atoms. The predicted molar refractivity (Wildman–Crippen MR) is 112 cm³/mol. The number of piperidine rings is 1. The molecule has 1 N–H and O–H groups in total. The molecular weight excluding hydrogens is 404 g/mol. The highest BCUT2D eigenvalue weighted by molar-refractivity contribution is 8.01. The van der Waals surface area contributed by atoms with Crippen LogP contribution < -0.4 is 5.32 Å². The number of nitrogens with one attached hydrogen (secondary N) is 1. The number of hydrogen-bond donors (Lipinski definition) is 1. The molecular formula is C19H27ClN2O3S2. The molecule has 2 aliphatic rings. The van der Waals surface area contributed by atoms with Gasteiger partial charge in [-0.2, -0.15) is 4.31 Å². The van der Waals surface area contributed by atoms with Gasteiger partial charge in [0.2, 0.25) is 15.9 Å². The van der Waals surface area contributed by atoms with Crippen LogP contribution in [0.25, 0.3) is 0 Å². The number of halogens is 1. The number of thioether (sulfide) groups is 1. The van der Waals surface area contributed by atoms with E-state index < -0.39 is 10.0 Å². The lowest BCUT2D eigenvalue weighted by Gasteiger charge is -2.26. The van der Waals surface area contributed by atoms with Gasteiger partial charge in [-0.3, -0.25) is 4.79 Å². The number of nitrogens with zero attached hydrogens (tertiary/aromatic N) is 1. The van der Waals surface area contributed by atoms with E-state index in [1.165, 1.54) is 29.3 Å². The molecule has 1 amide bonds. The van der Waals surface area contributed by atoms with E-state index in [0.717, 1.165) is 32.1 Å². The van der Waals surface area contributed by atoms with E-state index in [-0.39, 0.29) is 16.1 Å². The molecule has 1 heterocycles. The van der Waals surface area contributed by atoms with Gasteiger partial charge >= 0.3 is 0 Å². The van der Waals surface area contributed by atoms with Crippen LogP contribution in [0.2, 0.25) is 5.02 Å². The molecule has 1 aliphatic carbocycles. The third-order valence-corrected chi connectivity index (χ3v) is 8.92. The number of sulfonamides is 1. The number of benzene rings is 1. The van der Waals surface area contributed by atoms with Crippen molar-refractivity contribution in [2.24, 2.45) is 0 Å². The number of amides is 1. The monoisotopic (exact) mass is 430 g/mol. The summed E-state index contributed by atoms with van der Waals surface area (Å²) in [6, 6.07) is 4.54. The highest BCUT2D eigenvalue weighted by Crippen LogP contribution is 2.33. The standard InChI is InChI=1S/C19H27ClN2O3S2/c1-14(26-15-7-3-4-8-15)19(23)21-18-13-16(9-10-17(18)20)27(24,25)22-11-5-2-6-12-22/h9-10,13-15H,2-8,11-12H2,1H3,(H,21,23). The smallest absolute Gasteiger partial charge is 0.243 e. The molecule has 1 atom stereocenters. The molecule has 8 heteroatoms. The summed E-state index contributed by atoms with van der Waals surface area (Å²) in [7, 11) is -3.56. The molecule has 0 spiro atoms. The Morgan fingerprint density at radius 3 is 2.52 bits per heavy atom. The molecule has 1 unspecified atom stereocenters. The van der Waals surface area contributed by atoms with Crippen molar-refractivity contribution in [2.75, 3.05) is 18.4 Å². The Hall–Kier alpha value is -0.760. The molecule has 1 aliphatic heterocycles. The van der Waals surface area contributed by atoms with E-state index in [1.807, 2.05) is 6.92 Å². The van der Waals surface area contributed by atoms with E-state index in [0.29, 0.717) is 29.0 Å². The quantitative estimate of drug-likeness (QED) is 0.720. The van der Waals surface area contributed by atoms with Crippen LogP contribution in [0.5, 0.6) is 0 Å². The molecule has 1 aromatic rings. The van der Waals surface area contributed by atoms with E-state index >= 15 is 0 Å². The summed E-state index contributed by atoms with van der Waals surface area (Å²) < 4.78 is 27.3. The number of carbonyl (C=O) groups is 1. The number of rotatable bonds is 6. The molecule has 150 valence electrons. The van der Waals surface area contributed by atoms with Crippen molar-refractivity contribution in [3.05, 3.63) is 23.2 Å². The summed E-state index contributed by atoms with van der Waals surface area (Å²) in [4.78, 5) is 12.7. The molecule has 0 bridgehead atoms.